The second-order valence-corrected chi connectivity index (χ2v) is 4.75. The fourth-order valence-corrected chi connectivity index (χ4v) is 2.05. The monoisotopic (exact) mass is 216 g/mol. The Balaban J connectivity index is 1.82. The Morgan fingerprint density at radius 3 is 2.81 bits per heavy atom. The van der Waals surface area contributed by atoms with Gasteiger partial charge in [0.25, 0.3) is 0 Å². The van der Waals surface area contributed by atoms with Gasteiger partial charge in [0.2, 0.25) is 0 Å². The van der Waals surface area contributed by atoms with Gasteiger partial charge in [0.1, 0.15) is 0 Å². The maximum atomic E-state index is 4.56. The molecule has 1 aromatic rings. The number of aryl methyl sites for hydroxylation is 2. The second-order valence-electron chi connectivity index (χ2n) is 4.75. The van der Waals surface area contributed by atoms with Crippen LogP contribution in [-0.2, 0) is 6.54 Å². The van der Waals surface area contributed by atoms with Gasteiger partial charge in [-0.05, 0) is 44.2 Å². The number of nitrogens with one attached hydrogen (secondary N) is 1. The summed E-state index contributed by atoms with van der Waals surface area (Å²) in [5.74, 6) is 0.727. The van der Waals surface area contributed by atoms with Gasteiger partial charge in [-0.25, -0.2) is 0 Å². The fourth-order valence-electron chi connectivity index (χ4n) is 2.05. The molecule has 1 aliphatic carbocycles. The lowest BCUT2D eigenvalue weighted by Crippen LogP contribution is -2.40. The predicted molar refractivity (Wildman–Crippen MR) is 67.3 cm³/mol. The van der Waals surface area contributed by atoms with E-state index in [0.29, 0.717) is 6.04 Å². The van der Waals surface area contributed by atoms with E-state index in [1.54, 1.807) is 0 Å². The van der Waals surface area contributed by atoms with Gasteiger partial charge in [-0.15, -0.1) is 6.58 Å². The number of hydrogen-bond acceptors (Lipinski definition) is 2. The van der Waals surface area contributed by atoms with E-state index in [2.05, 4.69) is 48.9 Å². The Bertz CT molecular complexity index is 378. The molecule has 0 amide bonds. The highest BCUT2D eigenvalue weighted by Gasteiger charge is 2.25. The van der Waals surface area contributed by atoms with E-state index < -0.39 is 0 Å². The van der Waals surface area contributed by atoms with Crippen LogP contribution in [0.25, 0.3) is 0 Å². The topological polar surface area (TPSA) is 24.9 Å². The van der Waals surface area contributed by atoms with Crippen LogP contribution in [0.15, 0.2) is 24.8 Å². The molecule has 1 aliphatic rings. The van der Waals surface area contributed by atoms with Crippen molar-refractivity contribution >= 4 is 0 Å². The third kappa shape index (κ3) is 2.50. The number of aromatic nitrogens is 1. The summed E-state index contributed by atoms with van der Waals surface area (Å²) in [6.45, 7) is 8.86. The van der Waals surface area contributed by atoms with Crippen LogP contribution in [0.4, 0.5) is 0 Å². The van der Waals surface area contributed by atoms with E-state index in [-0.39, 0.29) is 0 Å². The smallest absolute Gasteiger partial charge is 0.0545 e. The van der Waals surface area contributed by atoms with Gasteiger partial charge >= 0.3 is 0 Å². The molecule has 86 valence electrons. The largest absolute Gasteiger partial charge is 0.308 e. The van der Waals surface area contributed by atoms with Gasteiger partial charge < -0.3 is 5.32 Å². The zero-order chi connectivity index (χ0) is 11.5. The maximum Gasteiger partial charge on any atom is 0.0545 e. The van der Waals surface area contributed by atoms with Crippen molar-refractivity contribution in [2.45, 2.75) is 39.3 Å². The Morgan fingerprint density at radius 2 is 2.19 bits per heavy atom. The Morgan fingerprint density at radius 1 is 1.44 bits per heavy atom. The fraction of sp³-hybridized carbons (Fsp3) is 0.500. The summed E-state index contributed by atoms with van der Waals surface area (Å²) in [5.41, 5.74) is 3.54. The van der Waals surface area contributed by atoms with Gasteiger partial charge in [-0.2, -0.15) is 0 Å². The lowest BCUT2D eigenvalue weighted by molar-refractivity contribution is 0.266. The second kappa shape index (κ2) is 4.79. The first-order chi connectivity index (χ1) is 7.69. The molecule has 1 fully saturated rings. The molecule has 2 heteroatoms. The number of hydrogen-bond donors (Lipinski definition) is 1. The minimum Gasteiger partial charge on any atom is -0.308 e. The average Bonchev–Trinajstić information content (AvgIpc) is 2.21. The Kier molecular flexibility index (Phi) is 3.39. The molecular weight excluding hydrogens is 196 g/mol. The quantitative estimate of drug-likeness (QED) is 0.783. The molecule has 1 saturated carbocycles. The zero-order valence-electron chi connectivity index (χ0n) is 10.2. The molecule has 1 aromatic heterocycles. The van der Waals surface area contributed by atoms with Crippen molar-refractivity contribution in [3.63, 3.8) is 0 Å². The standard InChI is InChI=1S/C14H20N2/c1-4-12-7-14(8-12)15-9-13-6-5-10(2)11(3)16-13/h4-6,12,14-15H,1,7-9H2,2-3H3. The molecule has 16 heavy (non-hydrogen) atoms. The first-order valence-electron chi connectivity index (χ1n) is 5.98. The highest BCUT2D eigenvalue weighted by molar-refractivity contribution is 5.20. The van der Waals surface area contributed by atoms with E-state index in [4.69, 9.17) is 0 Å². The molecule has 0 radical (unpaired) electrons. The number of pyridine rings is 1. The summed E-state index contributed by atoms with van der Waals surface area (Å²) >= 11 is 0. The molecule has 1 heterocycles. The average molecular weight is 216 g/mol. The van der Waals surface area contributed by atoms with Gasteiger partial charge in [0.05, 0.1) is 5.69 Å². The minimum absolute atomic E-state index is 0.659. The molecule has 0 aliphatic heterocycles. The molecule has 0 aromatic carbocycles. The summed E-state index contributed by atoms with van der Waals surface area (Å²) in [4.78, 5) is 4.56. The highest BCUT2D eigenvalue weighted by Crippen LogP contribution is 2.28. The third-order valence-corrected chi connectivity index (χ3v) is 3.49. The SMILES string of the molecule is C=CC1CC(NCc2ccc(C)c(C)n2)C1. The first-order valence-corrected chi connectivity index (χ1v) is 5.98. The Hall–Kier alpha value is -1.15. The van der Waals surface area contributed by atoms with Crippen molar-refractivity contribution in [3.8, 4) is 0 Å². The van der Waals surface area contributed by atoms with Crippen LogP contribution in [0, 0.1) is 19.8 Å². The first kappa shape index (κ1) is 11.3. The van der Waals surface area contributed by atoms with Gasteiger partial charge in [0, 0.05) is 18.3 Å². The van der Waals surface area contributed by atoms with Crippen LogP contribution in [0.1, 0.15) is 29.8 Å². The third-order valence-electron chi connectivity index (χ3n) is 3.49. The summed E-state index contributed by atoms with van der Waals surface area (Å²) in [6.07, 6.45) is 4.52. The van der Waals surface area contributed by atoms with E-state index in [0.717, 1.165) is 23.9 Å². The summed E-state index contributed by atoms with van der Waals surface area (Å²) < 4.78 is 0. The molecular formula is C14H20N2. The lowest BCUT2D eigenvalue weighted by atomic mass is 9.80. The van der Waals surface area contributed by atoms with Crippen LogP contribution in [0.5, 0.6) is 0 Å². The highest BCUT2D eigenvalue weighted by atomic mass is 14.9. The van der Waals surface area contributed by atoms with E-state index in [1.807, 2.05) is 0 Å². The minimum atomic E-state index is 0.659. The van der Waals surface area contributed by atoms with Crippen molar-refractivity contribution < 1.29 is 0 Å². The summed E-state index contributed by atoms with van der Waals surface area (Å²) in [6, 6.07) is 4.91. The van der Waals surface area contributed by atoms with Crippen molar-refractivity contribution in [1.82, 2.24) is 10.3 Å². The van der Waals surface area contributed by atoms with Crippen LogP contribution >= 0.6 is 0 Å². The number of rotatable bonds is 4. The van der Waals surface area contributed by atoms with Crippen LogP contribution in [0.2, 0.25) is 0 Å². The number of allylic oxidation sites excluding steroid dienone is 1. The molecule has 0 atom stereocenters. The van der Waals surface area contributed by atoms with Crippen molar-refractivity contribution in [2.75, 3.05) is 0 Å². The van der Waals surface area contributed by atoms with Crippen LogP contribution < -0.4 is 5.32 Å². The molecule has 1 N–H and O–H groups in total. The Labute approximate surface area is 97.8 Å². The summed E-state index contributed by atoms with van der Waals surface area (Å²) in [5, 5.41) is 3.54. The van der Waals surface area contributed by atoms with Crippen LogP contribution in [0.3, 0.4) is 0 Å². The van der Waals surface area contributed by atoms with E-state index >= 15 is 0 Å². The van der Waals surface area contributed by atoms with Crippen molar-refractivity contribution in [2.24, 2.45) is 5.92 Å². The molecule has 0 spiro atoms. The van der Waals surface area contributed by atoms with E-state index in [1.165, 1.54) is 18.4 Å². The van der Waals surface area contributed by atoms with Crippen LogP contribution in [-0.4, -0.2) is 11.0 Å². The molecule has 0 bridgehead atoms. The van der Waals surface area contributed by atoms with Gasteiger partial charge in [0.15, 0.2) is 0 Å². The molecule has 0 saturated heterocycles. The molecule has 2 rings (SSSR count). The normalized spacial score (nSPS) is 23.9. The van der Waals surface area contributed by atoms with Gasteiger partial charge in [-0.1, -0.05) is 12.1 Å². The van der Waals surface area contributed by atoms with Crippen molar-refractivity contribution in [1.29, 1.82) is 0 Å². The predicted octanol–water partition coefficient (Wildman–Crippen LogP) is 2.75. The summed E-state index contributed by atoms with van der Waals surface area (Å²) in [7, 11) is 0. The number of nitrogens with zero attached hydrogens (tertiary/aromatic N) is 1. The van der Waals surface area contributed by atoms with Crippen molar-refractivity contribution in [3.05, 3.63) is 41.7 Å². The maximum absolute atomic E-state index is 4.56. The molecule has 2 nitrogen and oxygen atoms in total. The molecule has 0 unspecified atom stereocenters. The lowest BCUT2D eigenvalue weighted by Gasteiger charge is -2.33. The van der Waals surface area contributed by atoms with Gasteiger partial charge in [-0.3, -0.25) is 4.98 Å². The zero-order valence-corrected chi connectivity index (χ0v) is 10.2. The van der Waals surface area contributed by atoms with E-state index in [9.17, 15) is 0 Å².